The summed E-state index contributed by atoms with van der Waals surface area (Å²) in [6, 6.07) is 0. The summed E-state index contributed by atoms with van der Waals surface area (Å²) in [5.74, 6) is 0.965. The number of carbonyl (C=O) groups excluding carboxylic acids is 1. The summed E-state index contributed by atoms with van der Waals surface area (Å²) >= 11 is 1.34. The van der Waals surface area contributed by atoms with Gasteiger partial charge in [0, 0.05) is 5.75 Å². The molecule has 0 aliphatic carbocycles. The van der Waals surface area contributed by atoms with Crippen LogP contribution in [-0.2, 0) is 4.79 Å². The molecule has 0 amide bonds. The lowest BCUT2D eigenvalue weighted by Crippen LogP contribution is -1.83. The van der Waals surface area contributed by atoms with Crippen molar-refractivity contribution in [2.45, 2.75) is 84.0 Å². The van der Waals surface area contributed by atoms with Crippen LogP contribution in [-0.4, -0.2) is 11.8 Å². The highest BCUT2D eigenvalue weighted by molar-refractivity contribution is 7.98. The molecule has 0 aliphatic heterocycles. The van der Waals surface area contributed by atoms with Crippen LogP contribution in [0, 0.1) is 0 Å². The molecule has 0 aliphatic rings. The van der Waals surface area contributed by atoms with E-state index < -0.39 is 0 Å². The van der Waals surface area contributed by atoms with Crippen molar-refractivity contribution in [1.82, 2.24) is 0 Å². The van der Waals surface area contributed by atoms with E-state index in [-0.39, 0.29) is 0 Å². The second kappa shape index (κ2) is 16.7. The van der Waals surface area contributed by atoms with Gasteiger partial charge in [0.25, 0.3) is 0 Å². The van der Waals surface area contributed by atoms with Crippen LogP contribution >= 0.6 is 11.9 Å². The van der Waals surface area contributed by atoms with E-state index in [0.29, 0.717) is 0 Å². The number of hydrogen-bond acceptors (Lipinski definition) is 3. The quantitative estimate of drug-likeness (QED) is 0.176. The first kappa shape index (κ1) is 17.7. The second-order valence-corrected chi connectivity index (χ2v) is 5.75. The average molecular weight is 271 g/mol. The molecule has 0 heterocycles. The molecule has 0 saturated carbocycles. The van der Waals surface area contributed by atoms with Gasteiger partial charge in [-0.2, -0.15) is 0 Å². The van der Waals surface area contributed by atoms with Gasteiger partial charge >= 0.3 is 0 Å². The molecule has 0 atom stereocenters. The molecule has 0 aromatic carbocycles. The number of hydrogen-bond donors (Lipinski definition) is 0. The predicted molar refractivity (Wildman–Crippen MR) is 81.7 cm³/mol. The van der Waals surface area contributed by atoms with E-state index >= 15 is 0 Å². The van der Waals surface area contributed by atoms with Crippen LogP contribution < -0.4 is 0 Å². The van der Waals surface area contributed by atoms with Gasteiger partial charge < -0.3 is 0 Å². The average Bonchev–Trinajstić information content (AvgIpc) is 2.39. The van der Waals surface area contributed by atoms with Gasteiger partial charge in [0.1, 0.15) is 0 Å². The minimum atomic E-state index is 0.965. The molecule has 0 aromatic rings. The fourth-order valence-corrected chi connectivity index (χ4v) is 2.56. The predicted octanol–water partition coefficient (Wildman–Crippen LogP) is 5.67. The van der Waals surface area contributed by atoms with Crippen molar-refractivity contribution in [3.8, 4) is 0 Å². The molecule has 0 bridgehead atoms. The fraction of sp³-hybridized carbons (Fsp3) is 0.933. The molecular weight excluding hydrogens is 242 g/mol. The van der Waals surface area contributed by atoms with Crippen molar-refractivity contribution < 1.29 is 4.79 Å². The third-order valence-electron chi connectivity index (χ3n) is 3.19. The standard InChI is InChI=1S/C15H29NOS/c1-2-3-4-5-6-7-8-9-10-11-12-13-14-18-16-15-17/h2-14H2,1H3. The molecule has 0 saturated heterocycles. The fourth-order valence-electron chi connectivity index (χ4n) is 2.08. The van der Waals surface area contributed by atoms with Gasteiger partial charge in [-0.1, -0.05) is 77.6 Å². The Morgan fingerprint density at radius 3 is 1.67 bits per heavy atom. The van der Waals surface area contributed by atoms with Gasteiger partial charge in [-0.3, -0.25) is 0 Å². The van der Waals surface area contributed by atoms with Gasteiger partial charge in [0.2, 0.25) is 6.08 Å². The van der Waals surface area contributed by atoms with Crippen LogP contribution in [0.2, 0.25) is 0 Å². The van der Waals surface area contributed by atoms with Gasteiger partial charge in [0.05, 0.1) is 0 Å². The van der Waals surface area contributed by atoms with Crippen molar-refractivity contribution in [2.75, 3.05) is 5.75 Å². The third-order valence-corrected chi connectivity index (χ3v) is 3.87. The summed E-state index contributed by atoms with van der Waals surface area (Å²) in [5.41, 5.74) is 0. The molecule has 0 aromatic heterocycles. The number of rotatable bonds is 14. The largest absolute Gasteiger partial charge is 0.247 e. The van der Waals surface area contributed by atoms with E-state index in [1.54, 1.807) is 6.08 Å². The topological polar surface area (TPSA) is 29.4 Å². The van der Waals surface area contributed by atoms with Crippen molar-refractivity contribution in [1.29, 1.82) is 0 Å². The molecule has 18 heavy (non-hydrogen) atoms. The smallest absolute Gasteiger partial charge is 0.210 e. The maximum absolute atomic E-state index is 9.81. The van der Waals surface area contributed by atoms with Crippen molar-refractivity contribution in [3.05, 3.63) is 0 Å². The van der Waals surface area contributed by atoms with Gasteiger partial charge in [-0.05, 0) is 18.4 Å². The summed E-state index contributed by atoms with van der Waals surface area (Å²) in [5, 5.41) is 0. The number of nitrogens with zero attached hydrogens (tertiary/aromatic N) is 1. The molecule has 0 N–H and O–H groups in total. The van der Waals surface area contributed by atoms with Crippen molar-refractivity contribution in [3.63, 3.8) is 0 Å². The normalized spacial score (nSPS) is 10.3. The van der Waals surface area contributed by atoms with Gasteiger partial charge in [-0.15, -0.1) is 4.40 Å². The first-order valence-corrected chi connectivity index (χ1v) is 8.55. The third kappa shape index (κ3) is 15.7. The second-order valence-electron chi connectivity index (χ2n) is 4.90. The number of unbranched alkanes of at least 4 members (excludes halogenated alkanes) is 11. The lowest BCUT2D eigenvalue weighted by molar-refractivity contribution is 0.548. The van der Waals surface area contributed by atoms with Gasteiger partial charge in [-0.25, -0.2) is 4.79 Å². The van der Waals surface area contributed by atoms with Crippen LogP contribution in [0.4, 0.5) is 0 Å². The maximum atomic E-state index is 9.81. The Labute approximate surface area is 117 Å². The van der Waals surface area contributed by atoms with E-state index in [1.807, 2.05) is 0 Å². The SMILES string of the molecule is CCCCCCCCCCCCCCSN=C=O. The lowest BCUT2D eigenvalue weighted by Gasteiger charge is -2.02. The van der Waals surface area contributed by atoms with Crippen LogP contribution in [0.25, 0.3) is 0 Å². The Morgan fingerprint density at radius 1 is 0.778 bits per heavy atom. The first-order chi connectivity index (χ1) is 8.91. The lowest BCUT2D eigenvalue weighted by atomic mass is 10.1. The highest BCUT2D eigenvalue weighted by atomic mass is 32.2. The minimum Gasteiger partial charge on any atom is -0.210 e. The molecule has 3 heteroatoms. The minimum absolute atomic E-state index is 0.965. The van der Waals surface area contributed by atoms with Crippen molar-refractivity contribution in [2.24, 2.45) is 4.40 Å². The molecule has 0 radical (unpaired) electrons. The Bertz CT molecular complexity index is 203. The van der Waals surface area contributed by atoms with E-state index in [0.717, 1.165) is 5.75 Å². The summed E-state index contributed by atoms with van der Waals surface area (Å²) in [6.45, 7) is 2.27. The molecule has 106 valence electrons. The summed E-state index contributed by atoms with van der Waals surface area (Å²) < 4.78 is 3.47. The van der Waals surface area contributed by atoms with Crippen LogP contribution in [0.3, 0.4) is 0 Å². The Balaban J connectivity index is 2.92. The summed E-state index contributed by atoms with van der Waals surface area (Å²) in [4.78, 5) is 9.81. The summed E-state index contributed by atoms with van der Waals surface area (Å²) in [7, 11) is 0. The number of isocyanates is 1. The zero-order chi connectivity index (χ0) is 13.3. The molecule has 2 nitrogen and oxygen atoms in total. The van der Waals surface area contributed by atoms with Crippen molar-refractivity contribution >= 4 is 18.0 Å². The maximum Gasteiger partial charge on any atom is 0.247 e. The molecule has 0 fully saturated rings. The van der Waals surface area contributed by atoms with E-state index in [9.17, 15) is 4.79 Å². The monoisotopic (exact) mass is 271 g/mol. The Kier molecular flexibility index (Phi) is 16.5. The molecule has 0 rings (SSSR count). The zero-order valence-corrected chi connectivity index (χ0v) is 12.8. The van der Waals surface area contributed by atoms with Crippen LogP contribution in [0.1, 0.15) is 84.0 Å². The molecular formula is C15H29NOS. The highest BCUT2D eigenvalue weighted by Crippen LogP contribution is 2.13. The highest BCUT2D eigenvalue weighted by Gasteiger charge is 1.93. The Hall–Kier alpha value is -0.270. The van der Waals surface area contributed by atoms with E-state index in [2.05, 4.69) is 11.3 Å². The zero-order valence-electron chi connectivity index (χ0n) is 12.0. The van der Waals surface area contributed by atoms with Gasteiger partial charge in [0.15, 0.2) is 0 Å². The van der Waals surface area contributed by atoms with E-state index in [1.165, 1.54) is 89.0 Å². The first-order valence-electron chi connectivity index (χ1n) is 7.61. The van der Waals surface area contributed by atoms with Crippen LogP contribution in [0.15, 0.2) is 4.40 Å². The molecule has 0 spiro atoms. The van der Waals surface area contributed by atoms with Crippen LogP contribution in [0.5, 0.6) is 0 Å². The van der Waals surface area contributed by atoms with E-state index in [4.69, 9.17) is 0 Å². The molecule has 0 unspecified atom stereocenters. The summed E-state index contributed by atoms with van der Waals surface area (Å²) in [6.07, 6.45) is 18.0. The Morgan fingerprint density at radius 2 is 1.22 bits per heavy atom.